The minimum Gasteiger partial charge on any atom is -0.376 e. The number of hydrogen-bond donors (Lipinski definition) is 1. The molecule has 120 valence electrons. The lowest BCUT2D eigenvalue weighted by molar-refractivity contribution is -0.266. The Kier molecular flexibility index (Phi) is 5.01. The van der Waals surface area contributed by atoms with Crippen molar-refractivity contribution >= 4 is 11.9 Å². The molecule has 2 aromatic rings. The Bertz CT molecular complexity index is 678. The average Bonchev–Trinajstić information content (AvgIpc) is 2.53. The van der Waals surface area contributed by atoms with Gasteiger partial charge in [0.25, 0.3) is 0 Å². The SMILES string of the molecule is O=C(/C=C/c1ccccc1)C[C@](O)(c1ccccc1)C(F)(F)F. The third-order valence-electron chi connectivity index (χ3n) is 3.41. The maximum atomic E-state index is 13.3. The molecular weight excluding hydrogens is 305 g/mol. The van der Waals surface area contributed by atoms with Crippen molar-refractivity contribution in [2.75, 3.05) is 0 Å². The van der Waals surface area contributed by atoms with E-state index in [4.69, 9.17) is 0 Å². The minimum atomic E-state index is -4.95. The highest BCUT2D eigenvalue weighted by atomic mass is 19.4. The van der Waals surface area contributed by atoms with Gasteiger partial charge in [-0.05, 0) is 17.2 Å². The Morgan fingerprint density at radius 1 is 0.957 bits per heavy atom. The summed E-state index contributed by atoms with van der Waals surface area (Å²) in [6, 6.07) is 15.3. The lowest BCUT2D eigenvalue weighted by Gasteiger charge is -2.30. The number of hydrogen-bond acceptors (Lipinski definition) is 2. The van der Waals surface area contributed by atoms with E-state index >= 15 is 0 Å². The molecule has 0 aliphatic carbocycles. The van der Waals surface area contributed by atoms with Gasteiger partial charge in [-0.25, -0.2) is 0 Å². The Labute approximate surface area is 131 Å². The molecule has 1 atom stereocenters. The van der Waals surface area contributed by atoms with Gasteiger partial charge in [0, 0.05) is 0 Å². The maximum Gasteiger partial charge on any atom is 0.421 e. The summed E-state index contributed by atoms with van der Waals surface area (Å²) in [5, 5.41) is 10.1. The van der Waals surface area contributed by atoms with Gasteiger partial charge in [-0.1, -0.05) is 66.7 Å². The molecule has 0 amide bonds. The number of carbonyl (C=O) groups is 1. The van der Waals surface area contributed by atoms with Crippen LogP contribution >= 0.6 is 0 Å². The van der Waals surface area contributed by atoms with Crippen molar-refractivity contribution in [2.45, 2.75) is 18.2 Å². The Morgan fingerprint density at radius 2 is 1.48 bits per heavy atom. The molecule has 0 aromatic heterocycles. The predicted octanol–water partition coefficient (Wildman–Crippen LogP) is 4.11. The van der Waals surface area contributed by atoms with Gasteiger partial charge < -0.3 is 5.11 Å². The van der Waals surface area contributed by atoms with Crippen LogP contribution in [-0.2, 0) is 10.4 Å². The number of alkyl halides is 3. The van der Waals surface area contributed by atoms with Crippen molar-refractivity contribution in [2.24, 2.45) is 0 Å². The molecule has 0 spiro atoms. The van der Waals surface area contributed by atoms with E-state index in [1.165, 1.54) is 24.3 Å². The molecule has 0 saturated carbocycles. The number of allylic oxidation sites excluding steroid dienone is 1. The molecular formula is C18H15F3O2. The van der Waals surface area contributed by atoms with Crippen LogP contribution in [0.2, 0.25) is 0 Å². The van der Waals surface area contributed by atoms with Crippen LogP contribution < -0.4 is 0 Å². The van der Waals surface area contributed by atoms with E-state index in [1.807, 2.05) is 0 Å². The van der Waals surface area contributed by atoms with Crippen LogP contribution in [-0.4, -0.2) is 17.1 Å². The van der Waals surface area contributed by atoms with Crippen LogP contribution in [0.15, 0.2) is 66.7 Å². The second kappa shape index (κ2) is 6.79. The molecule has 0 bridgehead atoms. The molecule has 0 unspecified atom stereocenters. The van der Waals surface area contributed by atoms with Crippen LogP contribution in [0, 0.1) is 0 Å². The van der Waals surface area contributed by atoms with Crippen LogP contribution in [0.25, 0.3) is 6.08 Å². The molecule has 0 heterocycles. The molecule has 2 nitrogen and oxygen atoms in total. The van der Waals surface area contributed by atoms with Crippen LogP contribution in [0.3, 0.4) is 0 Å². The Balaban J connectivity index is 2.22. The second-order valence-electron chi connectivity index (χ2n) is 5.11. The third kappa shape index (κ3) is 4.07. The first-order valence-electron chi connectivity index (χ1n) is 6.93. The number of halogens is 3. The summed E-state index contributed by atoms with van der Waals surface area (Å²) in [5.41, 5.74) is -2.86. The van der Waals surface area contributed by atoms with Gasteiger partial charge in [0.15, 0.2) is 11.4 Å². The largest absolute Gasteiger partial charge is 0.421 e. The molecule has 0 aliphatic heterocycles. The number of benzene rings is 2. The highest BCUT2D eigenvalue weighted by molar-refractivity contribution is 5.94. The molecule has 0 fully saturated rings. The van der Waals surface area contributed by atoms with Crippen molar-refractivity contribution in [3.8, 4) is 0 Å². The van der Waals surface area contributed by atoms with E-state index < -0.39 is 24.0 Å². The van der Waals surface area contributed by atoms with E-state index in [1.54, 1.807) is 30.3 Å². The highest BCUT2D eigenvalue weighted by Gasteiger charge is 2.55. The first-order valence-corrected chi connectivity index (χ1v) is 6.93. The fourth-order valence-corrected chi connectivity index (χ4v) is 2.14. The first kappa shape index (κ1) is 17.0. The fraction of sp³-hybridized carbons (Fsp3) is 0.167. The van der Waals surface area contributed by atoms with Crippen molar-refractivity contribution in [1.29, 1.82) is 0 Å². The molecule has 2 aromatic carbocycles. The summed E-state index contributed by atoms with van der Waals surface area (Å²) in [7, 11) is 0. The van der Waals surface area contributed by atoms with Gasteiger partial charge in [0.1, 0.15) is 0 Å². The van der Waals surface area contributed by atoms with Crippen molar-refractivity contribution < 1.29 is 23.1 Å². The summed E-state index contributed by atoms with van der Waals surface area (Å²) in [5.74, 6) is -0.808. The van der Waals surface area contributed by atoms with Gasteiger partial charge >= 0.3 is 6.18 Å². The topological polar surface area (TPSA) is 37.3 Å². The summed E-state index contributed by atoms with van der Waals surface area (Å²) in [4.78, 5) is 11.9. The van der Waals surface area contributed by atoms with Gasteiger partial charge in [-0.15, -0.1) is 0 Å². The minimum absolute atomic E-state index is 0.353. The quantitative estimate of drug-likeness (QED) is 0.842. The van der Waals surface area contributed by atoms with E-state index in [2.05, 4.69) is 0 Å². The molecule has 23 heavy (non-hydrogen) atoms. The monoisotopic (exact) mass is 320 g/mol. The maximum absolute atomic E-state index is 13.3. The standard InChI is InChI=1S/C18H15F3O2/c19-18(20,21)17(23,15-9-5-2-6-10-15)13-16(22)12-11-14-7-3-1-4-8-14/h1-12,23H,13H2/b12-11+/t17-/m0/s1. The number of carbonyl (C=O) groups excluding carboxylic acids is 1. The van der Waals surface area contributed by atoms with Crippen LogP contribution in [0.4, 0.5) is 13.2 Å². The Morgan fingerprint density at radius 3 is 2.00 bits per heavy atom. The molecule has 0 saturated heterocycles. The fourth-order valence-electron chi connectivity index (χ4n) is 2.14. The zero-order valence-corrected chi connectivity index (χ0v) is 12.1. The summed E-state index contributed by atoms with van der Waals surface area (Å²) in [6.07, 6.45) is -3.55. The van der Waals surface area contributed by atoms with Crippen LogP contribution in [0.5, 0.6) is 0 Å². The van der Waals surface area contributed by atoms with Crippen molar-refractivity contribution in [3.63, 3.8) is 0 Å². The summed E-state index contributed by atoms with van der Waals surface area (Å²) >= 11 is 0. The Hall–Kier alpha value is -2.40. The molecule has 5 heteroatoms. The molecule has 0 aliphatic rings. The zero-order valence-electron chi connectivity index (χ0n) is 12.1. The summed E-state index contributed by atoms with van der Waals surface area (Å²) in [6.45, 7) is 0. The normalized spacial score (nSPS) is 14.6. The van der Waals surface area contributed by atoms with Gasteiger partial charge in [0.05, 0.1) is 6.42 Å². The van der Waals surface area contributed by atoms with E-state index in [9.17, 15) is 23.1 Å². The lowest BCUT2D eigenvalue weighted by atomic mass is 9.87. The van der Waals surface area contributed by atoms with Gasteiger partial charge in [-0.3, -0.25) is 4.79 Å². The first-order chi connectivity index (χ1) is 10.8. The zero-order chi connectivity index (χ0) is 16.9. The molecule has 2 rings (SSSR count). The van der Waals surface area contributed by atoms with Gasteiger partial charge in [-0.2, -0.15) is 13.2 Å². The van der Waals surface area contributed by atoms with E-state index in [0.29, 0.717) is 5.56 Å². The average molecular weight is 320 g/mol. The number of rotatable bonds is 5. The summed E-state index contributed by atoms with van der Waals surface area (Å²) < 4.78 is 39.9. The molecule has 0 radical (unpaired) electrons. The smallest absolute Gasteiger partial charge is 0.376 e. The van der Waals surface area contributed by atoms with Gasteiger partial charge in [0.2, 0.25) is 0 Å². The predicted molar refractivity (Wildman–Crippen MR) is 81.5 cm³/mol. The van der Waals surface area contributed by atoms with E-state index in [0.717, 1.165) is 18.2 Å². The highest BCUT2D eigenvalue weighted by Crippen LogP contribution is 2.41. The third-order valence-corrected chi connectivity index (χ3v) is 3.41. The van der Waals surface area contributed by atoms with E-state index in [-0.39, 0.29) is 5.56 Å². The molecule has 1 N–H and O–H groups in total. The van der Waals surface area contributed by atoms with Crippen LogP contribution in [0.1, 0.15) is 17.5 Å². The number of ketones is 1. The number of aliphatic hydroxyl groups is 1. The van der Waals surface area contributed by atoms with Crippen molar-refractivity contribution in [1.82, 2.24) is 0 Å². The lowest BCUT2D eigenvalue weighted by Crippen LogP contribution is -2.43. The second-order valence-corrected chi connectivity index (χ2v) is 5.11. The van der Waals surface area contributed by atoms with Crippen molar-refractivity contribution in [3.05, 3.63) is 77.9 Å².